The molecule has 0 saturated carbocycles. The number of aryl methyl sites for hydroxylation is 1. The van der Waals surface area contributed by atoms with Gasteiger partial charge in [-0.05, 0) is 48.3 Å². The molecule has 2 heterocycles. The summed E-state index contributed by atoms with van der Waals surface area (Å²) in [4.78, 5) is 51.7. The van der Waals surface area contributed by atoms with E-state index in [0.717, 1.165) is 6.92 Å². The molecule has 13 nitrogen and oxygen atoms in total. The third-order valence-corrected chi connectivity index (χ3v) is 13.6. The summed E-state index contributed by atoms with van der Waals surface area (Å²) in [5, 5.41) is 24.1. The van der Waals surface area contributed by atoms with Gasteiger partial charge in [-0.1, -0.05) is 51.1 Å². The fourth-order valence-corrected chi connectivity index (χ4v) is 6.93. The molecule has 1 aliphatic rings. The first-order chi connectivity index (χ1) is 23.4. The van der Waals surface area contributed by atoms with Crippen molar-refractivity contribution in [1.29, 1.82) is 0 Å². The van der Waals surface area contributed by atoms with Crippen molar-refractivity contribution in [2.45, 2.75) is 109 Å². The predicted molar refractivity (Wildman–Crippen MR) is 185 cm³/mol. The van der Waals surface area contributed by atoms with E-state index in [1.165, 1.54) is 19.1 Å². The van der Waals surface area contributed by atoms with E-state index < -0.39 is 74.6 Å². The van der Waals surface area contributed by atoms with Crippen molar-refractivity contribution in [3.63, 3.8) is 0 Å². The number of hydrogen-bond donors (Lipinski definition) is 3. The van der Waals surface area contributed by atoms with Crippen molar-refractivity contribution in [2.24, 2.45) is 0 Å². The number of benzene rings is 2. The van der Waals surface area contributed by atoms with Crippen molar-refractivity contribution >= 4 is 37.1 Å². The van der Waals surface area contributed by atoms with Crippen LogP contribution in [0.15, 0.2) is 63.8 Å². The maximum Gasteiger partial charge on any atom is 0.380 e. The zero-order valence-corrected chi connectivity index (χ0v) is 30.7. The SMILES string of the molecule is CC(=O)N[C@H]1[C@H]([C@H](OC(C)=O)[C@H](O)CO)O[C@@](Oc2ccc3c(C)cc(=O)oc3c2)(C(=O)OCc2ccccc2)C[C@@H]1O[Si](C)(C)C(C)(C)C. The monoisotopic (exact) mass is 713 g/mol. The predicted octanol–water partition coefficient (Wildman–Crippen LogP) is 3.89. The molecule has 3 N–H and O–H groups in total. The van der Waals surface area contributed by atoms with Gasteiger partial charge >= 0.3 is 23.4 Å². The number of carbonyl (C=O) groups excluding carboxylic acids is 3. The van der Waals surface area contributed by atoms with Gasteiger partial charge in [0.2, 0.25) is 5.91 Å². The van der Waals surface area contributed by atoms with E-state index in [1.54, 1.807) is 43.3 Å². The molecule has 0 radical (unpaired) electrons. The van der Waals surface area contributed by atoms with Gasteiger partial charge in [0.1, 0.15) is 30.1 Å². The van der Waals surface area contributed by atoms with Crippen molar-refractivity contribution in [3.8, 4) is 5.75 Å². The Hall–Kier alpha value is -4.08. The third kappa shape index (κ3) is 8.98. The Morgan fingerprint density at radius 3 is 2.36 bits per heavy atom. The minimum atomic E-state index is -2.71. The number of ether oxygens (including phenoxy) is 4. The number of nitrogens with one attached hydrogen (secondary N) is 1. The Bertz CT molecular complexity index is 1740. The fourth-order valence-electron chi connectivity index (χ4n) is 5.59. The van der Waals surface area contributed by atoms with Crippen LogP contribution in [-0.4, -0.2) is 79.2 Å². The van der Waals surface area contributed by atoms with Crippen LogP contribution in [0.1, 0.15) is 52.2 Å². The Morgan fingerprint density at radius 2 is 1.76 bits per heavy atom. The highest BCUT2D eigenvalue weighted by Gasteiger charge is 2.60. The number of fused-ring (bicyclic) bond motifs is 1. The molecule has 0 bridgehead atoms. The Morgan fingerprint density at radius 1 is 1.08 bits per heavy atom. The van der Waals surface area contributed by atoms with Crippen LogP contribution < -0.4 is 15.7 Å². The van der Waals surface area contributed by atoms with Crippen LogP contribution in [0.2, 0.25) is 18.1 Å². The van der Waals surface area contributed by atoms with Gasteiger partial charge in [0, 0.05) is 31.4 Å². The summed E-state index contributed by atoms with van der Waals surface area (Å²) in [6, 6.07) is 13.8. The number of esters is 2. The van der Waals surface area contributed by atoms with Crippen molar-refractivity contribution in [3.05, 3.63) is 76.1 Å². The lowest BCUT2D eigenvalue weighted by molar-refractivity contribution is -0.287. The van der Waals surface area contributed by atoms with E-state index in [1.807, 2.05) is 39.9 Å². The van der Waals surface area contributed by atoms with Gasteiger partial charge < -0.3 is 43.3 Å². The number of amides is 1. The van der Waals surface area contributed by atoms with Gasteiger partial charge in [-0.3, -0.25) is 9.59 Å². The molecule has 1 saturated heterocycles. The average Bonchev–Trinajstić information content (AvgIpc) is 3.02. The molecule has 1 aliphatic heterocycles. The van der Waals surface area contributed by atoms with Gasteiger partial charge in [0.05, 0.1) is 25.2 Å². The average molecular weight is 714 g/mol. The largest absolute Gasteiger partial charge is 0.457 e. The number of aliphatic hydroxyl groups is 2. The van der Waals surface area contributed by atoms with Crippen LogP contribution in [0.3, 0.4) is 0 Å². The first kappa shape index (κ1) is 38.7. The highest BCUT2D eigenvalue weighted by atomic mass is 28.4. The van der Waals surface area contributed by atoms with E-state index in [9.17, 15) is 29.4 Å². The second kappa shape index (κ2) is 15.4. The smallest absolute Gasteiger partial charge is 0.380 e. The Labute approximate surface area is 291 Å². The first-order valence-electron chi connectivity index (χ1n) is 16.4. The number of carbonyl (C=O) groups is 3. The maximum atomic E-state index is 14.4. The molecule has 272 valence electrons. The van der Waals surface area contributed by atoms with Gasteiger partial charge in [0.25, 0.3) is 0 Å². The molecule has 1 aromatic heterocycles. The number of hydrogen-bond acceptors (Lipinski definition) is 12. The van der Waals surface area contributed by atoms with Gasteiger partial charge in [-0.2, -0.15) is 0 Å². The molecule has 2 aromatic carbocycles. The summed E-state index contributed by atoms with van der Waals surface area (Å²) in [5.74, 6) is -4.59. The van der Waals surface area contributed by atoms with Gasteiger partial charge in [-0.15, -0.1) is 0 Å². The molecule has 0 unspecified atom stereocenters. The highest BCUT2D eigenvalue weighted by molar-refractivity contribution is 6.74. The summed E-state index contributed by atoms with van der Waals surface area (Å²) >= 11 is 0. The minimum absolute atomic E-state index is 0.0532. The second-order valence-electron chi connectivity index (χ2n) is 14.1. The molecule has 1 fully saturated rings. The summed E-state index contributed by atoms with van der Waals surface area (Å²) in [6.45, 7) is 13.1. The molecule has 50 heavy (non-hydrogen) atoms. The molecular formula is C36H47NO12Si. The molecular weight excluding hydrogens is 666 g/mol. The lowest BCUT2D eigenvalue weighted by atomic mass is 9.88. The number of rotatable bonds is 12. The summed E-state index contributed by atoms with van der Waals surface area (Å²) < 4.78 is 36.6. The summed E-state index contributed by atoms with van der Waals surface area (Å²) in [5.41, 5.74) is 0.939. The molecule has 0 aliphatic carbocycles. The van der Waals surface area contributed by atoms with E-state index in [0.29, 0.717) is 16.5 Å². The highest BCUT2D eigenvalue weighted by Crippen LogP contribution is 2.43. The minimum Gasteiger partial charge on any atom is -0.457 e. The van der Waals surface area contributed by atoms with Crippen LogP contribution in [-0.2, 0) is 39.6 Å². The first-order valence-corrected chi connectivity index (χ1v) is 19.3. The third-order valence-electron chi connectivity index (χ3n) is 9.09. The quantitative estimate of drug-likeness (QED) is 0.140. The molecule has 0 spiro atoms. The lowest BCUT2D eigenvalue weighted by Gasteiger charge is -2.51. The van der Waals surface area contributed by atoms with Crippen LogP contribution in [0.25, 0.3) is 11.0 Å². The Kier molecular flexibility index (Phi) is 12.0. The van der Waals surface area contributed by atoms with Crippen LogP contribution >= 0.6 is 0 Å². The second-order valence-corrected chi connectivity index (χ2v) is 18.8. The van der Waals surface area contributed by atoms with Gasteiger partial charge in [0.15, 0.2) is 14.4 Å². The van der Waals surface area contributed by atoms with Crippen molar-refractivity contribution in [2.75, 3.05) is 6.61 Å². The molecule has 6 atom stereocenters. The molecule has 4 rings (SSSR count). The van der Waals surface area contributed by atoms with Crippen LogP contribution in [0.5, 0.6) is 5.75 Å². The fraction of sp³-hybridized carbons (Fsp3) is 0.500. The van der Waals surface area contributed by atoms with Crippen molar-refractivity contribution in [1.82, 2.24) is 5.32 Å². The summed E-state index contributed by atoms with van der Waals surface area (Å²) in [6.07, 6.45) is -6.19. The zero-order chi connectivity index (χ0) is 37.0. The van der Waals surface area contributed by atoms with E-state index >= 15 is 0 Å². The lowest BCUT2D eigenvalue weighted by Crippen LogP contribution is -2.71. The van der Waals surface area contributed by atoms with E-state index in [2.05, 4.69) is 5.32 Å². The van der Waals surface area contributed by atoms with Gasteiger partial charge in [-0.25, -0.2) is 9.59 Å². The number of aliphatic hydroxyl groups excluding tert-OH is 2. The summed E-state index contributed by atoms with van der Waals surface area (Å²) in [7, 11) is -2.71. The zero-order valence-electron chi connectivity index (χ0n) is 29.7. The van der Waals surface area contributed by atoms with Crippen molar-refractivity contribution < 1.29 is 52.4 Å². The topological polar surface area (TPSA) is 180 Å². The molecule has 3 aromatic rings. The molecule has 14 heteroatoms. The van der Waals surface area contributed by atoms with Crippen LogP contribution in [0, 0.1) is 6.92 Å². The van der Waals surface area contributed by atoms with Crippen LogP contribution in [0.4, 0.5) is 0 Å². The normalized spacial score (nSPS) is 22.3. The van der Waals surface area contributed by atoms with E-state index in [-0.39, 0.29) is 29.4 Å². The molecule has 1 amide bonds. The van der Waals surface area contributed by atoms with E-state index in [4.69, 9.17) is 27.8 Å². The standard InChI is InChI=1S/C36H47NO12Si/c1-21-16-30(42)46-28-17-25(14-15-26(21)28)47-36(34(43)44-20-24-12-10-9-11-13-24)18-29(49-50(7,8)35(4,5)6)31(37-22(2)39)33(48-36)32(27(41)19-38)45-23(3)40/h9-17,27,29,31-33,38,41H,18-20H2,1-8H3,(H,37,39)/t27-,29+,31-,32-,33-,36-/m1/s1. The Balaban J connectivity index is 1.93. The maximum absolute atomic E-state index is 14.4.